The number of nitrogens with zero attached hydrogens (tertiary/aromatic N) is 1. The molecule has 98 valence electrons. The molecular formula is C12H28N2O2. The van der Waals surface area contributed by atoms with E-state index >= 15 is 0 Å². The van der Waals surface area contributed by atoms with E-state index < -0.39 is 0 Å². The second-order valence-electron chi connectivity index (χ2n) is 4.29. The molecule has 0 rings (SSSR count). The molecule has 0 aliphatic heterocycles. The largest absolute Gasteiger partial charge is 0.385 e. The number of hydrogen-bond acceptors (Lipinski definition) is 4. The average Bonchev–Trinajstić information content (AvgIpc) is 2.26. The van der Waals surface area contributed by atoms with Crippen molar-refractivity contribution in [1.29, 1.82) is 0 Å². The summed E-state index contributed by atoms with van der Waals surface area (Å²) in [6.07, 6.45) is 2.18. The van der Waals surface area contributed by atoms with Crippen LogP contribution in [0.4, 0.5) is 0 Å². The highest BCUT2D eigenvalue weighted by molar-refractivity contribution is 4.62. The molecule has 0 aromatic carbocycles. The van der Waals surface area contributed by atoms with Gasteiger partial charge in [-0.15, -0.1) is 0 Å². The fourth-order valence-corrected chi connectivity index (χ4v) is 1.49. The maximum absolute atomic E-state index is 5.04. The highest BCUT2D eigenvalue weighted by Crippen LogP contribution is 1.91. The molecule has 0 amide bonds. The van der Waals surface area contributed by atoms with Crippen LogP contribution in [-0.2, 0) is 9.47 Å². The number of methoxy groups -OCH3 is 2. The maximum atomic E-state index is 5.04. The zero-order chi connectivity index (χ0) is 12.2. The van der Waals surface area contributed by atoms with E-state index in [1.54, 1.807) is 14.2 Å². The van der Waals surface area contributed by atoms with E-state index in [9.17, 15) is 0 Å². The fraction of sp³-hybridized carbons (Fsp3) is 1.00. The molecule has 4 nitrogen and oxygen atoms in total. The minimum atomic E-state index is 0.535. The summed E-state index contributed by atoms with van der Waals surface area (Å²) in [4.78, 5) is 2.33. The van der Waals surface area contributed by atoms with Crippen molar-refractivity contribution in [2.24, 2.45) is 0 Å². The quantitative estimate of drug-likeness (QED) is 0.538. The van der Waals surface area contributed by atoms with E-state index in [1.807, 2.05) is 0 Å². The SMILES string of the molecule is COCCCN(C)CCNC(C)CCOC. The lowest BCUT2D eigenvalue weighted by Crippen LogP contribution is -2.35. The van der Waals surface area contributed by atoms with E-state index in [0.717, 1.165) is 45.7 Å². The lowest BCUT2D eigenvalue weighted by Gasteiger charge is -2.19. The number of nitrogens with one attached hydrogen (secondary N) is 1. The number of likely N-dealkylation sites (N-methyl/N-ethyl adjacent to an activating group) is 1. The van der Waals surface area contributed by atoms with Gasteiger partial charge < -0.3 is 19.7 Å². The molecule has 0 heterocycles. The van der Waals surface area contributed by atoms with Gasteiger partial charge in [0.25, 0.3) is 0 Å². The third-order valence-electron chi connectivity index (χ3n) is 2.63. The van der Waals surface area contributed by atoms with Gasteiger partial charge in [-0.1, -0.05) is 0 Å². The average molecular weight is 232 g/mol. The van der Waals surface area contributed by atoms with E-state index in [0.29, 0.717) is 6.04 Å². The van der Waals surface area contributed by atoms with Crippen LogP contribution in [0.1, 0.15) is 19.8 Å². The Balaban J connectivity index is 3.28. The Morgan fingerprint density at radius 1 is 1.12 bits per heavy atom. The summed E-state index contributed by atoms with van der Waals surface area (Å²) < 4.78 is 10.1. The molecule has 0 saturated heterocycles. The molecule has 1 atom stereocenters. The first kappa shape index (κ1) is 15.8. The standard InChI is InChI=1S/C12H28N2O2/c1-12(6-11-16-4)13-7-9-14(2)8-5-10-15-3/h12-13H,5-11H2,1-4H3. The Morgan fingerprint density at radius 2 is 1.81 bits per heavy atom. The van der Waals surface area contributed by atoms with Crippen LogP contribution in [0.15, 0.2) is 0 Å². The summed E-state index contributed by atoms with van der Waals surface area (Å²) in [5.41, 5.74) is 0. The Bertz CT molecular complexity index is 145. The number of rotatable bonds is 11. The molecule has 16 heavy (non-hydrogen) atoms. The van der Waals surface area contributed by atoms with Crippen LogP contribution in [0.25, 0.3) is 0 Å². The third-order valence-corrected chi connectivity index (χ3v) is 2.63. The fourth-order valence-electron chi connectivity index (χ4n) is 1.49. The van der Waals surface area contributed by atoms with Gasteiger partial charge in [-0.05, 0) is 26.8 Å². The minimum Gasteiger partial charge on any atom is -0.385 e. The first-order chi connectivity index (χ1) is 7.70. The summed E-state index contributed by atoms with van der Waals surface area (Å²) in [6.45, 7) is 7.10. The van der Waals surface area contributed by atoms with Crippen LogP contribution in [0, 0.1) is 0 Å². The molecule has 0 aromatic rings. The second kappa shape index (κ2) is 11.3. The molecule has 1 N–H and O–H groups in total. The van der Waals surface area contributed by atoms with Gasteiger partial charge in [-0.3, -0.25) is 0 Å². The highest BCUT2D eigenvalue weighted by atomic mass is 16.5. The van der Waals surface area contributed by atoms with Crippen LogP contribution in [0.3, 0.4) is 0 Å². The van der Waals surface area contributed by atoms with Gasteiger partial charge in [0.15, 0.2) is 0 Å². The van der Waals surface area contributed by atoms with Crippen molar-refractivity contribution in [3.05, 3.63) is 0 Å². The van der Waals surface area contributed by atoms with Crippen molar-refractivity contribution in [2.45, 2.75) is 25.8 Å². The zero-order valence-electron chi connectivity index (χ0n) is 11.3. The summed E-state index contributed by atoms with van der Waals surface area (Å²) in [5.74, 6) is 0. The van der Waals surface area contributed by atoms with Crippen molar-refractivity contribution >= 4 is 0 Å². The van der Waals surface area contributed by atoms with Crippen molar-refractivity contribution in [3.8, 4) is 0 Å². The minimum absolute atomic E-state index is 0.535. The van der Waals surface area contributed by atoms with Crippen LogP contribution in [0.5, 0.6) is 0 Å². The number of ether oxygens (including phenoxy) is 2. The normalized spacial score (nSPS) is 13.3. The van der Waals surface area contributed by atoms with Crippen LogP contribution < -0.4 is 5.32 Å². The molecule has 0 aliphatic carbocycles. The monoisotopic (exact) mass is 232 g/mol. The summed E-state index contributed by atoms with van der Waals surface area (Å²) in [5, 5.41) is 3.49. The van der Waals surface area contributed by atoms with Gasteiger partial charge in [0.05, 0.1) is 0 Å². The Kier molecular flexibility index (Phi) is 11.2. The van der Waals surface area contributed by atoms with Crippen molar-refractivity contribution < 1.29 is 9.47 Å². The van der Waals surface area contributed by atoms with Crippen molar-refractivity contribution in [1.82, 2.24) is 10.2 Å². The molecule has 0 radical (unpaired) electrons. The van der Waals surface area contributed by atoms with Crippen LogP contribution in [-0.4, -0.2) is 65.1 Å². The topological polar surface area (TPSA) is 33.7 Å². The van der Waals surface area contributed by atoms with Crippen LogP contribution >= 0.6 is 0 Å². The molecular weight excluding hydrogens is 204 g/mol. The first-order valence-electron chi connectivity index (χ1n) is 6.10. The first-order valence-corrected chi connectivity index (χ1v) is 6.10. The van der Waals surface area contributed by atoms with Gasteiger partial charge in [0.1, 0.15) is 0 Å². The van der Waals surface area contributed by atoms with Crippen LogP contribution in [0.2, 0.25) is 0 Å². The molecule has 4 heteroatoms. The molecule has 0 aliphatic rings. The van der Waals surface area contributed by atoms with Gasteiger partial charge in [0, 0.05) is 53.1 Å². The van der Waals surface area contributed by atoms with E-state index in [2.05, 4.69) is 24.2 Å². The van der Waals surface area contributed by atoms with Crippen molar-refractivity contribution in [3.63, 3.8) is 0 Å². The number of hydrogen-bond donors (Lipinski definition) is 1. The molecule has 0 saturated carbocycles. The molecule has 0 aromatic heterocycles. The zero-order valence-corrected chi connectivity index (χ0v) is 11.3. The van der Waals surface area contributed by atoms with Gasteiger partial charge in [0.2, 0.25) is 0 Å². The predicted octanol–water partition coefficient (Wildman–Crippen LogP) is 0.969. The van der Waals surface area contributed by atoms with Crippen molar-refractivity contribution in [2.75, 3.05) is 54.1 Å². The maximum Gasteiger partial charge on any atom is 0.0476 e. The van der Waals surface area contributed by atoms with E-state index in [1.165, 1.54) is 0 Å². The van der Waals surface area contributed by atoms with Gasteiger partial charge in [-0.25, -0.2) is 0 Å². The third kappa shape index (κ3) is 10.4. The van der Waals surface area contributed by atoms with E-state index in [-0.39, 0.29) is 0 Å². The Morgan fingerprint density at radius 3 is 2.44 bits per heavy atom. The summed E-state index contributed by atoms with van der Waals surface area (Å²) in [6, 6.07) is 0.535. The smallest absolute Gasteiger partial charge is 0.0476 e. The lowest BCUT2D eigenvalue weighted by molar-refractivity contribution is 0.176. The molecule has 0 spiro atoms. The Hall–Kier alpha value is -0.160. The predicted molar refractivity (Wildman–Crippen MR) is 67.9 cm³/mol. The summed E-state index contributed by atoms with van der Waals surface area (Å²) in [7, 11) is 5.65. The molecule has 0 fully saturated rings. The van der Waals surface area contributed by atoms with E-state index in [4.69, 9.17) is 9.47 Å². The van der Waals surface area contributed by atoms with Gasteiger partial charge in [-0.2, -0.15) is 0 Å². The molecule has 0 bridgehead atoms. The molecule has 1 unspecified atom stereocenters. The van der Waals surface area contributed by atoms with Gasteiger partial charge >= 0.3 is 0 Å². The second-order valence-corrected chi connectivity index (χ2v) is 4.29. The Labute approximate surface area is 100 Å². The highest BCUT2D eigenvalue weighted by Gasteiger charge is 2.02. The summed E-state index contributed by atoms with van der Waals surface area (Å²) >= 11 is 0. The lowest BCUT2D eigenvalue weighted by atomic mass is 10.2.